The van der Waals surface area contributed by atoms with E-state index in [0.717, 1.165) is 33.4 Å². The van der Waals surface area contributed by atoms with Crippen LogP contribution in [0.1, 0.15) is 26.6 Å². The van der Waals surface area contributed by atoms with Gasteiger partial charge in [-0.2, -0.15) is 0 Å². The van der Waals surface area contributed by atoms with E-state index < -0.39 is 0 Å². The Labute approximate surface area is 228 Å². The van der Waals surface area contributed by atoms with Crippen LogP contribution < -0.4 is 5.32 Å². The number of nitrogens with zero attached hydrogens (tertiary/aromatic N) is 4. The first-order valence-corrected chi connectivity index (χ1v) is 14.0. The molecular formula is C28H24ClN5OS2. The number of thiazole rings is 1. The minimum Gasteiger partial charge on any atom is -0.350 e. The number of hydrogen-bond donors (Lipinski definition) is 1. The molecule has 0 bridgehead atoms. The van der Waals surface area contributed by atoms with E-state index in [1.807, 2.05) is 65.2 Å². The third-order valence-electron chi connectivity index (χ3n) is 5.76. The highest BCUT2D eigenvalue weighted by Crippen LogP contribution is 2.34. The van der Waals surface area contributed by atoms with Gasteiger partial charge in [-0.15, -0.1) is 21.5 Å². The number of benzene rings is 3. The van der Waals surface area contributed by atoms with Crippen LogP contribution in [0.4, 0.5) is 0 Å². The zero-order valence-electron chi connectivity index (χ0n) is 20.1. The third kappa shape index (κ3) is 5.93. The van der Waals surface area contributed by atoms with Crippen LogP contribution in [-0.2, 0) is 12.2 Å². The largest absolute Gasteiger partial charge is 0.350 e. The second-order valence-electron chi connectivity index (χ2n) is 8.31. The predicted octanol–water partition coefficient (Wildman–Crippen LogP) is 6.62. The summed E-state index contributed by atoms with van der Waals surface area (Å²) in [5.74, 6) is 1.08. The molecule has 0 aliphatic carbocycles. The molecule has 37 heavy (non-hydrogen) atoms. The normalized spacial score (nSPS) is 11.0. The summed E-state index contributed by atoms with van der Waals surface area (Å²) in [5.41, 5.74) is 4.53. The Bertz CT molecular complexity index is 1520. The van der Waals surface area contributed by atoms with Crippen LogP contribution in [0, 0.1) is 6.92 Å². The zero-order chi connectivity index (χ0) is 25.6. The number of para-hydroxylation sites is 1. The van der Waals surface area contributed by atoms with Crippen molar-refractivity contribution in [2.24, 2.45) is 0 Å². The van der Waals surface area contributed by atoms with Crippen LogP contribution >= 0.6 is 34.7 Å². The van der Waals surface area contributed by atoms with Gasteiger partial charge in [0, 0.05) is 17.5 Å². The zero-order valence-corrected chi connectivity index (χ0v) is 22.5. The molecule has 1 N–H and O–H groups in total. The first-order valence-electron chi connectivity index (χ1n) is 11.8. The number of rotatable bonds is 9. The van der Waals surface area contributed by atoms with Crippen molar-refractivity contribution in [3.8, 4) is 17.1 Å². The van der Waals surface area contributed by atoms with Gasteiger partial charge in [0.05, 0.1) is 16.5 Å². The molecule has 0 saturated heterocycles. The van der Waals surface area contributed by atoms with Gasteiger partial charge in [-0.05, 0) is 42.7 Å². The Morgan fingerprint density at radius 2 is 1.76 bits per heavy atom. The highest BCUT2D eigenvalue weighted by atomic mass is 35.5. The van der Waals surface area contributed by atoms with Crippen LogP contribution in [0.3, 0.4) is 0 Å². The average molecular weight is 546 g/mol. The number of halogens is 1. The summed E-state index contributed by atoms with van der Waals surface area (Å²) in [6.45, 7) is 2.62. The minimum absolute atomic E-state index is 0.160. The maximum Gasteiger partial charge on any atom is 0.270 e. The Morgan fingerprint density at radius 1 is 1.00 bits per heavy atom. The van der Waals surface area contributed by atoms with Gasteiger partial charge in [0.1, 0.15) is 10.7 Å². The average Bonchev–Trinajstić information content (AvgIpc) is 3.56. The molecule has 0 fully saturated rings. The molecule has 0 atom stereocenters. The molecule has 0 aliphatic heterocycles. The number of aromatic nitrogens is 4. The van der Waals surface area contributed by atoms with Gasteiger partial charge in [-0.3, -0.25) is 9.36 Å². The molecule has 5 rings (SSSR count). The van der Waals surface area contributed by atoms with Crippen molar-refractivity contribution in [2.75, 3.05) is 6.54 Å². The van der Waals surface area contributed by atoms with E-state index >= 15 is 0 Å². The van der Waals surface area contributed by atoms with Crippen molar-refractivity contribution >= 4 is 40.6 Å². The van der Waals surface area contributed by atoms with Gasteiger partial charge in [-0.1, -0.05) is 84.0 Å². The molecule has 9 heteroatoms. The number of carbonyl (C=O) groups excluding carboxylic acids is 1. The third-order valence-corrected chi connectivity index (χ3v) is 8.06. The first-order chi connectivity index (χ1) is 18.1. The van der Waals surface area contributed by atoms with Gasteiger partial charge in [0.25, 0.3) is 5.91 Å². The van der Waals surface area contributed by atoms with Crippen LogP contribution in [-0.4, -0.2) is 32.2 Å². The lowest BCUT2D eigenvalue weighted by Crippen LogP contribution is -2.26. The van der Waals surface area contributed by atoms with Crippen LogP contribution in [0.25, 0.3) is 17.1 Å². The Balaban J connectivity index is 1.31. The molecule has 2 heterocycles. The summed E-state index contributed by atoms with van der Waals surface area (Å²) in [6, 6.07) is 25.8. The van der Waals surface area contributed by atoms with E-state index in [0.29, 0.717) is 28.8 Å². The maximum atomic E-state index is 12.6. The summed E-state index contributed by atoms with van der Waals surface area (Å²) in [6.07, 6.45) is 0.780. The van der Waals surface area contributed by atoms with Crippen LogP contribution in [0.15, 0.2) is 89.4 Å². The highest BCUT2D eigenvalue weighted by Gasteiger charge is 2.20. The molecule has 2 aromatic heterocycles. The van der Waals surface area contributed by atoms with Gasteiger partial charge in [0.15, 0.2) is 11.0 Å². The smallest absolute Gasteiger partial charge is 0.270 e. The second-order valence-corrected chi connectivity index (χ2v) is 10.6. The molecule has 0 unspecified atom stereocenters. The van der Waals surface area contributed by atoms with Gasteiger partial charge in [0.2, 0.25) is 0 Å². The first kappa shape index (κ1) is 25.2. The number of carbonyl (C=O) groups is 1. The van der Waals surface area contributed by atoms with Gasteiger partial charge in [-0.25, -0.2) is 4.98 Å². The lowest BCUT2D eigenvalue weighted by molar-refractivity contribution is 0.0949. The maximum absolute atomic E-state index is 12.6. The van der Waals surface area contributed by atoms with E-state index in [9.17, 15) is 4.79 Å². The fourth-order valence-corrected chi connectivity index (χ4v) is 5.83. The molecule has 1 amide bonds. The Morgan fingerprint density at radius 3 is 2.57 bits per heavy atom. The minimum atomic E-state index is -0.160. The van der Waals surface area contributed by atoms with Crippen molar-refractivity contribution in [2.45, 2.75) is 24.3 Å². The van der Waals surface area contributed by atoms with Gasteiger partial charge >= 0.3 is 0 Å². The van der Waals surface area contributed by atoms with Crippen LogP contribution in [0.2, 0.25) is 5.02 Å². The van der Waals surface area contributed by atoms with Crippen molar-refractivity contribution in [1.29, 1.82) is 0 Å². The second kappa shape index (κ2) is 11.7. The molecular weight excluding hydrogens is 522 g/mol. The summed E-state index contributed by atoms with van der Waals surface area (Å²) < 4.78 is 2.03. The number of hydrogen-bond acceptors (Lipinski definition) is 6. The van der Waals surface area contributed by atoms with Crippen molar-refractivity contribution in [1.82, 2.24) is 25.1 Å². The van der Waals surface area contributed by atoms with Gasteiger partial charge < -0.3 is 5.32 Å². The van der Waals surface area contributed by atoms with Crippen LogP contribution in [0.5, 0.6) is 0 Å². The SMILES string of the molecule is Cc1ccccc1-n1c(SCc2nc(C(=O)NCCc3ccccc3)cs2)nnc1-c1ccccc1Cl. The molecule has 0 aliphatic rings. The topological polar surface area (TPSA) is 72.7 Å². The molecule has 3 aromatic carbocycles. The van der Waals surface area contributed by atoms with Crippen molar-refractivity contribution in [3.05, 3.63) is 111 Å². The van der Waals surface area contributed by atoms with Crippen molar-refractivity contribution < 1.29 is 4.79 Å². The molecule has 5 aromatic rings. The number of thioether (sulfide) groups is 1. The lowest BCUT2D eigenvalue weighted by Gasteiger charge is -2.13. The Hall–Kier alpha value is -3.46. The molecule has 186 valence electrons. The fraction of sp³-hybridized carbons (Fsp3) is 0.143. The van der Waals surface area contributed by atoms with E-state index in [2.05, 4.69) is 45.6 Å². The highest BCUT2D eigenvalue weighted by molar-refractivity contribution is 7.98. The number of amides is 1. The summed E-state index contributed by atoms with van der Waals surface area (Å²) >= 11 is 9.50. The number of aryl methyl sites for hydroxylation is 1. The monoisotopic (exact) mass is 545 g/mol. The lowest BCUT2D eigenvalue weighted by atomic mass is 10.1. The van der Waals surface area contributed by atoms with Crippen molar-refractivity contribution in [3.63, 3.8) is 0 Å². The molecule has 6 nitrogen and oxygen atoms in total. The van der Waals surface area contributed by atoms with E-state index in [-0.39, 0.29) is 5.91 Å². The number of nitrogens with one attached hydrogen (secondary N) is 1. The standard InChI is InChI=1S/C28H24ClN5OS2/c1-19-9-5-8-14-24(19)34-26(21-12-6-7-13-22(21)29)32-33-28(34)37-18-25-31-23(17-36-25)27(35)30-16-15-20-10-3-2-4-11-20/h2-14,17H,15-16,18H2,1H3,(H,30,35). The molecule has 0 spiro atoms. The predicted molar refractivity (Wildman–Crippen MR) is 151 cm³/mol. The summed E-state index contributed by atoms with van der Waals surface area (Å²) in [7, 11) is 0. The summed E-state index contributed by atoms with van der Waals surface area (Å²) in [4.78, 5) is 17.1. The quantitative estimate of drug-likeness (QED) is 0.211. The molecule has 0 saturated carbocycles. The van der Waals surface area contributed by atoms with E-state index in [1.165, 1.54) is 28.7 Å². The van der Waals surface area contributed by atoms with E-state index in [1.54, 1.807) is 5.38 Å². The van der Waals surface area contributed by atoms with E-state index in [4.69, 9.17) is 11.6 Å². The fourth-order valence-electron chi connectivity index (χ4n) is 3.88. The summed E-state index contributed by atoms with van der Waals surface area (Å²) in [5, 5.41) is 15.9. The Kier molecular flexibility index (Phi) is 7.99. The molecule has 0 radical (unpaired) electrons.